The van der Waals surface area contributed by atoms with Crippen LogP contribution in [0.3, 0.4) is 0 Å². The van der Waals surface area contributed by atoms with E-state index < -0.39 is 18.0 Å². The molecule has 1 aromatic rings. The van der Waals surface area contributed by atoms with E-state index in [2.05, 4.69) is 0 Å². The first-order valence-electron chi connectivity index (χ1n) is 6.28. The normalized spacial score (nSPS) is 39.3. The molecule has 0 unspecified atom stereocenters. The highest BCUT2D eigenvalue weighted by Gasteiger charge is 2.48. The van der Waals surface area contributed by atoms with E-state index in [1.165, 1.54) is 0 Å². The Morgan fingerprint density at radius 3 is 2.26 bits per heavy atom. The topological polar surface area (TPSA) is 49.7 Å². The molecule has 5 atom stereocenters. The number of rotatable bonds is 1. The quantitative estimate of drug-likeness (QED) is 0.836. The monoisotopic (exact) mass is 304 g/mol. The van der Waals surface area contributed by atoms with E-state index in [0.717, 1.165) is 0 Å². The van der Waals surface area contributed by atoms with Crippen molar-refractivity contribution in [3.63, 3.8) is 0 Å². The number of aliphatic hydroxyl groups excluding tert-OH is 1. The molecule has 2 N–H and O–H groups in total. The zero-order valence-electron chi connectivity index (χ0n) is 11.1. The number of hydrogen-bond donors (Lipinski definition) is 2. The lowest BCUT2D eigenvalue weighted by Crippen LogP contribution is -2.52. The average molecular weight is 305 g/mol. The third-order valence-electron chi connectivity index (χ3n) is 4.02. The molecule has 5 heteroatoms. The Balaban J connectivity index is 2.44. The molecule has 1 aliphatic rings. The molecule has 3 nitrogen and oxygen atoms in total. The summed E-state index contributed by atoms with van der Waals surface area (Å²) in [5.41, 5.74) is 0.615. The van der Waals surface area contributed by atoms with Gasteiger partial charge < -0.3 is 14.9 Å². The van der Waals surface area contributed by atoms with Gasteiger partial charge in [-0.1, -0.05) is 43.1 Å². The summed E-state index contributed by atoms with van der Waals surface area (Å²) in [5, 5.41) is 21.5. The lowest BCUT2D eigenvalue weighted by molar-refractivity contribution is -0.310. The van der Waals surface area contributed by atoms with Gasteiger partial charge in [0.15, 0.2) is 5.79 Å². The molecule has 0 amide bonds. The second kappa shape index (κ2) is 5.23. The Bertz CT molecular complexity index is 456. The molecule has 106 valence electrons. The Morgan fingerprint density at radius 1 is 1.21 bits per heavy atom. The molecular formula is C14H18Cl2O3. The summed E-state index contributed by atoms with van der Waals surface area (Å²) in [4.78, 5) is 0. The fourth-order valence-corrected chi connectivity index (χ4v) is 3.14. The van der Waals surface area contributed by atoms with Gasteiger partial charge in [0.25, 0.3) is 0 Å². The molecule has 0 aromatic heterocycles. The largest absolute Gasteiger partial charge is 0.392 e. The Morgan fingerprint density at radius 2 is 1.74 bits per heavy atom. The van der Waals surface area contributed by atoms with Crippen LogP contribution in [0, 0.1) is 11.8 Å². The Kier molecular flexibility index (Phi) is 4.15. The van der Waals surface area contributed by atoms with Crippen LogP contribution < -0.4 is 0 Å². The molecule has 1 aliphatic heterocycles. The maximum absolute atomic E-state index is 10.3. The van der Waals surface area contributed by atoms with Gasteiger partial charge in [-0.25, -0.2) is 0 Å². The maximum atomic E-state index is 10.3. The number of hydrogen-bond acceptors (Lipinski definition) is 3. The number of halogens is 2. The van der Waals surface area contributed by atoms with Crippen molar-refractivity contribution in [2.45, 2.75) is 38.8 Å². The van der Waals surface area contributed by atoms with E-state index in [4.69, 9.17) is 27.9 Å². The summed E-state index contributed by atoms with van der Waals surface area (Å²) in [7, 11) is 0. The van der Waals surface area contributed by atoms with Crippen LogP contribution in [0.4, 0.5) is 0 Å². The van der Waals surface area contributed by atoms with Gasteiger partial charge in [-0.2, -0.15) is 0 Å². The van der Waals surface area contributed by atoms with Crippen molar-refractivity contribution < 1.29 is 14.9 Å². The molecule has 0 bridgehead atoms. The predicted molar refractivity (Wildman–Crippen MR) is 75.2 cm³/mol. The van der Waals surface area contributed by atoms with Gasteiger partial charge in [0.1, 0.15) is 0 Å². The van der Waals surface area contributed by atoms with Crippen molar-refractivity contribution in [3.05, 3.63) is 33.8 Å². The molecular weight excluding hydrogens is 287 g/mol. The highest BCUT2D eigenvalue weighted by Crippen LogP contribution is 2.46. The minimum atomic E-state index is -1.42. The van der Waals surface area contributed by atoms with E-state index in [0.29, 0.717) is 15.6 Å². The molecule has 2 rings (SSSR count). The van der Waals surface area contributed by atoms with Crippen molar-refractivity contribution in [2.24, 2.45) is 11.8 Å². The lowest BCUT2D eigenvalue weighted by Gasteiger charge is -2.46. The second-order valence-corrected chi connectivity index (χ2v) is 6.18. The molecule has 0 radical (unpaired) electrons. The molecule has 1 aromatic carbocycles. The summed E-state index contributed by atoms with van der Waals surface area (Å²) in [5.74, 6) is -2.02. The average Bonchev–Trinajstić information content (AvgIpc) is 2.33. The third-order valence-corrected chi connectivity index (χ3v) is 4.68. The Hall–Kier alpha value is -0.320. The van der Waals surface area contributed by atoms with Gasteiger partial charge in [-0.3, -0.25) is 0 Å². The van der Waals surface area contributed by atoms with Gasteiger partial charge >= 0.3 is 0 Å². The molecule has 0 spiro atoms. The van der Waals surface area contributed by atoms with E-state index in [9.17, 15) is 10.2 Å². The van der Waals surface area contributed by atoms with Crippen LogP contribution >= 0.6 is 23.2 Å². The van der Waals surface area contributed by atoms with Gasteiger partial charge in [-0.05, 0) is 19.1 Å². The maximum Gasteiger partial charge on any atom is 0.168 e. The van der Waals surface area contributed by atoms with Gasteiger partial charge in [0.05, 0.1) is 12.2 Å². The number of ether oxygens (including phenoxy) is 1. The summed E-state index contributed by atoms with van der Waals surface area (Å²) in [6.45, 7) is 5.16. The van der Waals surface area contributed by atoms with Crippen LogP contribution in [0.2, 0.25) is 10.0 Å². The number of benzene rings is 1. The third kappa shape index (κ3) is 2.63. The fraction of sp³-hybridized carbons (Fsp3) is 0.571. The van der Waals surface area contributed by atoms with E-state index in [-0.39, 0.29) is 11.8 Å². The van der Waals surface area contributed by atoms with Crippen molar-refractivity contribution in [3.8, 4) is 0 Å². The minimum absolute atomic E-state index is 0.215. The van der Waals surface area contributed by atoms with Crippen LogP contribution in [0.25, 0.3) is 0 Å². The molecule has 1 heterocycles. The lowest BCUT2D eigenvalue weighted by atomic mass is 9.79. The molecule has 0 aliphatic carbocycles. The first kappa shape index (κ1) is 15.1. The second-order valence-electron chi connectivity index (χ2n) is 5.37. The van der Waals surface area contributed by atoms with E-state index >= 15 is 0 Å². The van der Waals surface area contributed by atoms with Crippen LogP contribution in [0.1, 0.15) is 32.4 Å². The summed E-state index contributed by atoms with van der Waals surface area (Å²) >= 11 is 12.4. The van der Waals surface area contributed by atoms with Crippen molar-refractivity contribution in [2.75, 3.05) is 0 Å². The number of aliphatic hydroxyl groups is 2. The first-order chi connectivity index (χ1) is 8.75. The SMILES string of the molecule is C[C@@H]1[C@H](O)[C@@H](C)[C@@](C)(O)O[C@@H]1c1c(Cl)cccc1Cl. The predicted octanol–water partition coefficient (Wildman–Crippen LogP) is 3.41. The van der Waals surface area contributed by atoms with Crippen molar-refractivity contribution >= 4 is 23.2 Å². The Labute approximate surface area is 123 Å². The first-order valence-corrected chi connectivity index (χ1v) is 7.03. The van der Waals surface area contributed by atoms with Crippen LogP contribution in [-0.2, 0) is 4.74 Å². The van der Waals surface area contributed by atoms with Crippen LogP contribution in [0.15, 0.2) is 18.2 Å². The zero-order chi connectivity index (χ0) is 14.4. The zero-order valence-corrected chi connectivity index (χ0v) is 12.6. The highest BCUT2D eigenvalue weighted by atomic mass is 35.5. The molecule has 1 fully saturated rings. The van der Waals surface area contributed by atoms with Gasteiger partial charge in [-0.15, -0.1) is 0 Å². The van der Waals surface area contributed by atoms with Crippen LogP contribution in [-0.4, -0.2) is 22.1 Å². The minimum Gasteiger partial charge on any atom is -0.392 e. The van der Waals surface area contributed by atoms with E-state index in [1.54, 1.807) is 32.0 Å². The van der Waals surface area contributed by atoms with Gasteiger partial charge in [0.2, 0.25) is 0 Å². The molecule has 0 saturated carbocycles. The van der Waals surface area contributed by atoms with Crippen LogP contribution in [0.5, 0.6) is 0 Å². The summed E-state index contributed by atoms with van der Waals surface area (Å²) < 4.78 is 5.74. The summed E-state index contributed by atoms with van der Waals surface area (Å²) in [6.07, 6.45) is -1.23. The van der Waals surface area contributed by atoms with Gasteiger partial charge in [0, 0.05) is 27.4 Å². The standard InChI is InChI=1S/C14H18Cl2O3/c1-7-12(17)8(2)14(3,18)19-13(7)11-9(15)5-4-6-10(11)16/h4-8,12-13,17-18H,1-3H3/t7-,8-,12+,13+,14+/m1/s1. The molecule has 19 heavy (non-hydrogen) atoms. The smallest absolute Gasteiger partial charge is 0.168 e. The van der Waals surface area contributed by atoms with E-state index in [1.807, 2.05) is 6.92 Å². The molecule has 1 saturated heterocycles. The highest BCUT2D eigenvalue weighted by molar-refractivity contribution is 6.36. The van der Waals surface area contributed by atoms with Crippen molar-refractivity contribution in [1.29, 1.82) is 0 Å². The fourth-order valence-electron chi connectivity index (χ4n) is 2.53. The van der Waals surface area contributed by atoms with Crippen molar-refractivity contribution in [1.82, 2.24) is 0 Å². The summed E-state index contributed by atoms with van der Waals surface area (Å²) in [6, 6.07) is 5.19.